The zero-order chi connectivity index (χ0) is 3.54. The van der Waals surface area contributed by atoms with Crippen molar-refractivity contribution in [3.63, 3.8) is 0 Å². The van der Waals surface area contributed by atoms with Gasteiger partial charge in [-0.2, -0.15) is 0 Å². The summed E-state index contributed by atoms with van der Waals surface area (Å²) in [5.41, 5.74) is 0. The Morgan fingerprint density at radius 2 is 2.60 bits per heavy atom. The fraction of sp³-hybridized carbons (Fsp3) is 0. The van der Waals surface area contributed by atoms with Crippen molar-refractivity contribution in [1.29, 1.82) is 0 Å². The summed E-state index contributed by atoms with van der Waals surface area (Å²) < 4.78 is 0. The molecule has 0 atom stereocenters. The van der Waals surface area contributed by atoms with Gasteiger partial charge in [-0.3, -0.25) is 0 Å². The third-order valence-corrected chi connectivity index (χ3v) is 1.90. The van der Waals surface area contributed by atoms with Gasteiger partial charge in [-0.1, -0.05) is 0 Å². The molecule has 0 N–H and O–H groups in total. The standard InChI is InChI=1S/C4H5Se/c1-2-4-5-3-1/h1,3-4H,5H2. The first kappa shape index (κ1) is 3.20. The second-order valence-corrected chi connectivity index (χ2v) is 2.82. The van der Waals surface area contributed by atoms with Gasteiger partial charge >= 0.3 is 37.1 Å². The fourth-order valence-electron chi connectivity index (χ4n) is 0.241. The van der Waals surface area contributed by atoms with Crippen LogP contribution in [-0.2, 0) is 0 Å². The van der Waals surface area contributed by atoms with Gasteiger partial charge in [0, 0.05) is 0 Å². The normalized spacial score (nSPS) is 19.2. The molecule has 1 heterocycles. The van der Waals surface area contributed by atoms with Crippen molar-refractivity contribution < 1.29 is 0 Å². The van der Waals surface area contributed by atoms with Crippen LogP contribution in [0.4, 0.5) is 0 Å². The van der Waals surface area contributed by atoms with Gasteiger partial charge in [0.05, 0.1) is 0 Å². The first-order valence-corrected chi connectivity index (χ1v) is 3.91. The summed E-state index contributed by atoms with van der Waals surface area (Å²) in [6.07, 6.45) is 4.96. The van der Waals surface area contributed by atoms with Crippen LogP contribution in [0, 0.1) is 6.08 Å². The van der Waals surface area contributed by atoms with E-state index in [0.717, 1.165) is 0 Å². The summed E-state index contributed by atoms with van der Waals surface area (Å²) in [4.78, 5) is 4.32. The quantitative estimate of drug-likeness (QED) is 0.407. The van der Waals surface area contributed by atoms with Crippen LogP contribution in [-0.4, -0.2) is 15.0 Å². The second kappa shape index (κ2) is 1.44. The Kier molecular flexibility index (Phi) is 0.921. The van der Waals surface area contributed by atoms with Gasteiger partial charge in [0.1, 0.15) is 0 Å². The summed E-state index contributed by atoms with van der Waals surface area (Å²) in [7, 11) is 0. The van der Waals surface area contributed by atoms with Crippen LogP contribution in [0.15, 0.2) is 16.0 Å². The predicted octanol–water partition coefficient (Wildman–Crippen LogP) is -0.000610. The van der Waals surface area contributed by atoms with E-state index in [9.17, 15) is 0 Å². The summed E-state index contributed by atoms with van der Waals surface area (Å²) >= 11 is 0.222. The van der Waals surface area contributed by atoms with Crippen molar-refractivity contribution in [2.45, 2.75) is 0 Å². The first-order chi connectivity index (χ1) is 2.50. The van der Waals surface area contributed by atoms with Crippen molar-refractivity contribution >= 4 is 15.0 Å². The number of hydrogen-bond acceptors (Lipinski definition) is 0. The van der Waals surface area contributed by atoms with Crippen LogP contribution in [0.1, 0.15) is 0 Å². The van der Waals surface area contributed by atoms with Crippen molar-refractivity contribution in [3.8, 4) is 0 Å². The van der Waals surface area contributed by atoms with E-state index in [-0.39, 0.29) is 15.0 Å². The molecule has 0 unspecified atom stereocenters. The molecule has 1 radical (unpaired) electrons. The Morgan fingerprint density at radius 1 is 1.60 bits per heavy atom. The molecule has 0 bridgehead atoms. The predicted molar refractivity (Wildman–Crippen MR) is 25.5 cm³/mol. The van der Waals surface area contributed by atoms with E-state index in [1.807, 2.05) is 6.08 Å². The SMILES string of the molecule is [C]1=C[SeH2]C=C1. The second-order valence-electron chi connectivity index (χ2n) is 0.811. The molecule has 1 heteroatoms. The van der Waals surface area contributed by atoms with Crippen LogP contribution < -0.4 is 0 Å². The molecule has 5 heavy (non-hydrogen) atoms. The molecular formula is C4H5Se. The van der Waals surface area contributed by atoms with E-state index < -0.39 is 0 Å². The molecule has 1 aliphatic rings. The number of hydrogen-bond donors (Lipinski definition) is 0. The molecule has 1 rings (SSSR count). The molecule has 1 aliphatic heterocycles. The van der Waals surface area contributed by atoms with E-state index in [0.29, 0.717) is 0 Å². The molecule has 0 amide bonds. The van der Waals surface area contributed by atoms with Crippen LogP contribution in [0.2, 0.25) is 0 Å². The number of rotatable bonds is 0. The van der Waals surface area contributed by atoms with Gasteiger partial charge in [0.2, 0.25) is 0 Å². The van der Waals surface area contributed by atoms with E-state index in [1.165, 1.54) is 0 Å². The maximum absolute atomic E-state index is 2.97. The van der Waals surface area contributed by atoms with Crippen molar-refractivity contribution in [2.24, 2.45) is 0 Å². The molecular weight excluding hydrogens is 127 g/mol. The molecule has 0 spiro atoms. The topological polar surface area (TPSA) is 0 Å². The van der Waals surface area contributed by atoms with Crippen LogP contribution in [0.5, 0.6) is 0 Å². The van der Waals surface area contributed by atoms with Crippen LogP contribution in [0.3, 0.4) is 0 Å². The average Bonchev–Trinajstić information content (AvgIpc) is 1.76. The van der Waals surface area contributed by atoms with Gasteiger partial charge < -0.3 is 0 Å². The van der Waals surface area contributed by atoms with Crippen molar-refractivity contribution in [3.05, 3.63) is 22.1 Å². The molecule has 0 aromatic heterocycles. The summed E-state index contributed by atoms with van der Waals surface area (Å²) in [6.45, 7) is 0. The number of allylic oxidation sites excluding steroid dienone is 2. The molecule has 0 fully saturated rings. The first-order valence-electron chi connectivity index (χ1n) is 1.49. The van der Waals surface area contributed by atoms with Crippen LogP contribution in [0.25, 0.3) is 0 Å². The van der Waals surface area contributed by atoms with Gasteiger partial charge in [0.25, 0.3) is 0 Å². The molecule has 0 aromatic rings. The Bertz CT molecular complexity index is 61.7. The van der Waals surface area contributed by atoms with Crippen molar-refractivity contribution in [1.82, 2.24) is 0 Å². The minimum atomic E-state index is 0.222. The molecule has 0 aromatic carbocycles. The molecule has 0 saturated carbocycles. The van der Waals surface area contributed by atoms with Gasteiger partial charge in [-0.05, 0) is 0 Å². The zero-order valence-electron chi connectivity index (χ0n) is 2.73. The van der Waals surface area contributed by atoms with Crippen LogP contribution >= 0.6 is 0 Å². The summed E-state index contributed by atoms with van der Waals surface area (Å²) in [6, 6.07) is 0. The Morgan fingerprint density at radius 3 is 2.80 bits per heavy atom. The molecule has 0 aliphatic carbocycles. The van der Waals surface area contributed by atoms with E-state index in [4.69, 9.17) is 0 Å². The van der Waals surface area contributed by atoms with E-state index >= 15 is 0 Å². The molecule has 0 saturated heterocycles. The van der Waals surface area contributed by atoms with E-state index in [2.05, 4.69) is 16.0 Å². The van der Waals surface area contributed by atoms with Gasteiger partial charge in [-0.25, -0.2) is 0 Å². The minimum absolute atomic E-state index is 0.222. The Hall–Kier alpha value is -0.000519. The van der Waals surface area contributed by atoms with Gasteiger partial charge in [0.15, 0.2) is 0 Å². The summed E-state index contributed by atoms with van der Waals surface area (Å²) in [5, 5.41) is 0. The maximum atomic E-state index is 2.97. The molecule has 0 nitrogen and oxygen atoms in total. The fourth-order valence-corrected chi connectivity index (χ4v) is 1.25. The zero-order valence-corrected chi connectivity index (χ0v) is 4.83. The third kappa shape index (κ3) is 0.640. The van der Waals surface area contributed by atoms with Gasteiger partial charge in [-0.15, -0.1) is 0 Å². The third-order valence-electron chi connectivity index (χ3n) is 0.442. The Labute approximate surface area is 37.7 Å². The molecule has 27 valence electrons. The monoisotopic (exact) mass is 133 g/mol. The Balaban J connectivity index is 2.61. The van der Waals surface area contributed by atoms with E-state index in [1.54, 1.807) is 0 Å². The summed E-state index contributed by atoms with van der Waals surface area (Å²) in [5.74, 6) is 0. The average molecular weight is 132 g/mol. The van der Waals surface area contributed by atoms with Crippen molar-refractivity contribution in [2.75, 3.05) is 0 Å².